The topological polar surface area (TPSA) is 64.3 Å². The lowest BCUT2D eigenvalue weighted by Crippen LogP contribution is -2.22. The van der Waals surface area contributed by atoms with Gasteiger partial charge >= 0.3 is 0 Å². The first-order valence-corrected chi connectivity index (χ1v) is 6.24. The number of nitrogen functional groups attached to an aromatic ring is 1. The molecular formula is C13H14N2O2S. The smallest absolute Gasteiger partial charge is 0.263 e. The van der Waals surface area contributed by atoms with Gasteiger partial charge in [0.05, 0.1) is 12.8 Å². The number of hydrogen-bond donors (Lipinski definition) is 2. The summed E-state index contributed by atoms with van der Waals surface area (Å²) in [6.07, 6.45) is 1.63. The Balaban J connectivity index is 2.43. The molecule has 4 nitrogen and oxygen atoms in total. The van der Waals surface area contributed by atoms with Gasteiger partial charge in [-0.25, -0.2) is 0 Å². The molecule has 0 aliphatic carbocycles. The van der Waals surface area contributed by atoms with Crippen LogP contribution in [0.5, 0.6) is 5.75 Å². The maximum atomic E-state index is 11.9. The van der Waals surface area contributed by atoms with Crippen LogP contribution in [0.15, 0.2) is 30.9 Å². The Morgan fingerprint density at radius 2 is 2.39 bits per heavy atom. The number of ether oxygens (including phenoxy) is 1. The van der Waals surface area contributed by atoms with Crippen LogP contribution in [-0.2, 0) is 0 Å². The third-order valence-corrected chi connectivity index (χ3v) is 3.72. The SMILES string of the molecule is C=CCNC(=O)c1sc2cc(OC)ccc2c1N. The van der Waals surface area contributed by atoms with E-state index in [1.54, 1.807) is 13.2 Å². The molecule has 0 saturated heterocycles. The molecule has 1 amide bonds. The van der Waals surface area contributed by atoms with Gasteiger partial charge in [0.2, 0.25) is 0 Å². The molecular weight excluding hydrogens is 248 g/mol. The molecule has 0 aliphatic heterocycles. The van der Waals surface area contributed by atoms with Crippen LogP contribution in [0.25, 0.3) is 10.1 Å². The number of thiophene rings is 1. The van der Waals surface area contributed by atoms with Gasteiger partial charge in [-0.15, -0.1) is 17.9 Å². The van der Waals surface area contributed by atoms with E-state index in [4.69, 9.17) is 10.5 Å². The van der Waals surface area contributed by atoms with E-state index in [1.165, 1.54) is 11.3 Å². The molecule has 2 aromatic rings. The third kappa shape index (κ3) is 2.17. The van der Waals surface area contributed by atoms with Crippen molar-refractivity contribution in [1.29, 1.82) is 0 Å². The average Bonchev–Trinajstić information content (AvgIpc) is 2.72. The summed E-state index contributed by atoms with van der Waals surface area (Å²) in [5.41, 5.74) is 6.50. The molecule has 3 N–H and O–H groups in total. The Morgan fingerprint density at radius 1 is 1.61 bits per heavy atom. The summed E-state index contributed by atoms with van der Waals surface area (Å²) in [7, 11) is 1.61. The minimum Gasteiger partial charge on any atom is -0.497 e. The van der Waals surface area contributed by atoms with E-state index >= 15 is 0 Å². The van der Waals surface area contributed by atoms with Gasteiger partial charge in [-0.3, -0.25) is 4.79 Å². The first-order valence-electron chi connectivity index (χ1n) is 5.42. The van der Waals surface area contributed by atoms with E-state index < -0.39 is 0 Å². The second-order valence-corrected chi connectivity index (χ2v) is 4.76. The van der Waals surface area contributed by atoms with Gasteiger partial charge in [-0.05, 0) is 18.2 Å². The number of nitrogens with one attached hydrogen (secondary N) is 1. The van der Waals surface area contributed by atoms with Crippen LogP contribution >= 0.6 is 11.3 Å². The highest BCUT2D eigenvalue weighted by molar-refractivity contribution is 7.21. The van der Waals surface area contributed by atoms with Gasteiger partial charge < -0.3 is 15.8 Å². The quantitative estimate of drug-likeness (QED) is 0.832. The number of carbonyl (C=O) groups excluding carboxylic acids is 1. The first kappa shape index (κ1) is 12.4. The predicted octanol–water partition coefficient (Wildman–Crippen LogP) is 2.41. The molecule has 2 rings (SSSR count). The highest BCUT2D eigenvalue weighted by Crippen LogP contribution is 2.35. The van der Waals surface area contributed by atoms with Gasteiger partial charge in [0.15, 0.2) is 0 Å². The van der Waals surface area contributed by atoms with Crippen molar-refractivity contribution in [1.82, 2.24) is 5.32 Å². The maximum absolute atomic E-state index is 11.9. The third-order valence-electron chi connectivity index (χ3n) is 2.55. The molecule has 0 unspecified atom stereocenters. The molecule has 1 aromatic heterocycles. The normalized spacial score (nSPS) is 10.3. The van der Waals surface area contributed by atoms with Gasteiger partial charge in [-0.2, -0.15) is 0 Å². The predicted molar refractivity (Wildman–Crippen MR) is 75.3 cm³/mol. The summed E-state index contributed by atoms with van der Waals surface area (Å²) in [6, 6.07) is 5.57. The molecule has 0 atom stereocenters. The molecule has 0 fully saturated rings. The molecule has 1 heterocycles. The zero-order chi connectivity index (χ0) is 13.1. The number of nitrogens with two attached hydrogens (primary N) is 1. The number of rotatable bonds is 4. The monoisotopic (exact) mass is 262 g/mol. The number of benzene rings is 1. The zero-order valence-corrected chi connectivity index (χ0v) is 10.8. The van der Waals surface area contributed by atoms with Crippen LogP contribution in [0.1, 0.15) is 9.67 Å². The van der Waals surface area contributed by atoms with Crippen LogP contribution < -0.4 is 15.8 Å². The highest BCUT2D eigenvalue weighted by Gasteiger charge is 2.15. The van der Waals surface area contributed by atoms with Crippen molar-refractivity contribution in [3.8, 4) is 5.75 Å². The van der Waals surface area contributed by atoms with Crippen molar-refractivity contribution in [2.75, 3.05) is 19.4 Å². The Labute approximate surface area is 109 Å². The fourth-order valence-electron chi connectivity index (χ4n) is 1.64. The lowest BCUT2D eigenvalue weighted by molar-refractivity contribution is 0.0963. The second-order valence-electron chi connectivity index (χ2n) is 3.71. The summed E-state index contributed by atoms with van der Waals surface area (Å²) >= 11 is 1.36. The van der Waals surface area contributed by atoms with Crippen molar-refractivity contribution >= 4 is 33.0 Å². The molecule has 5 heteroatoms. The van der Waals surface area contributed by atoms with E-state index in [9.17, 15) is 4.79 Å². The molecule has 0 aliphatic rings. The number of carbonyl (C=O) groups is 1. The standard InChI is InChI=1S/C13H14N2O2S/c1-3-6-15-13(16)12-11(14)9-5-4-8(17-2)7-10(9)18-12/h3-5,7H,1,6,14H2,2H3,(H,15,16). The summed E-state index contributed by atoms with van der Waals surface area (Å²) < 4.78 is 6.09. The summed E-state index contributed by atoms with van der Waals surface area (Å²) in [5, 5.41) is 3.60. The molecule has 94 valence electrons. The van der Waals surface area contributed by atoms with Gasteiger partial charge in [-0.1, -0.05) is 6.08 Å². The molecule has 0 radical (unpaired) electrons. The lowest BCUT2D eigenvalue weighted by atomic mass is 10.2. The van der Waals surface area contributed by atoms with Gasteiger partial charge in [0, 0.05) is 16.6 Å². The Hall–Kier alpha value is -2.01. The molecule has 18 heavy (non-hydrogen) atoms. The Kier molecular flexibility index (Phi) is 3.53. The summed E-state index contributed by atoms with van der Waals surface area (Å²) in [4.78, 5) is 12.4. The summed E-state index contributed by atoms with van der Waals surface area (Å²) in [5.74, 6) is 0.578. The van der Waals surface area contributed by atoms with Crippen molar-refractivity contribution in [2.45, 2.75) is 0 Å². The second kappa shape index (κ2) is 5.10. The fraction of sp³-hybridized carbons (Fsp3) is 0.154. The molecule has 1 aromatic carbocycles. The lowest BCUT2D eigenvalue weighted by Gasteiger charge is -2.00. The number of hydrogen-bond acceptors (Lipinski definition) is 4. The van der Waals surface area contributed by atoms with Crippen molar-refractivity contribution in [2.24, 2.45) is 0 Å². The number of amides is 1. The minimum atomic E-state index is -0.174. The van der Waals surface area contributed by atoms with Crippen LogP contribution in [0.4, 0.5) is 5.69 Å². The van der Waals surface area contributed by atoms with E-state index in [2.05, 4.69) is 11.9 Å². The van der Waals surface area contributed by atoms with E-state index in [-0.39, 0.29) is 5.91 Å². The van der Waals surface area contributed by atoms with Crippen LogP contribution in [-0.4, -0.2) is 19.6 Å². The van der Waals surface area contributed by atoms with E-state index in [0.717, 1.165) is 15.8 Å². The molecule has 0 bridgehead atoms. The summed E-state index contributed by atoms with van der Waals surface area (Å²) in [6.45, 7) is 3.98. The maximum Gasteiger partial charge on any atom is 0.263 e. The molecule has 0 saturated carbocycles. The zero-order valence-electron chi connectivity index (χ0n) is 10.0. The van der Waals surface area contributed by atoms with E-state index in [1.807, 2.05) is 18.2 Å². The average molecular weight is 262 g/mol. The van der Waals surface area contributed by atoms with Crippen molar-refractivity contribution in [3.63, 3.8) is 0 Å². The number of fused-ring (bicyclic) bond motifs is 1. The van der Waals surface area contributed by atoms with Crippen molar-refractivity contribution in [3.05, 3.63) is 35.7 Å². The van der Waals surface area contributed by atoms with Crippen LogP contribution in [0, 0.1) is 0 Å². The number of anilines is 1. The van der Waals surface area contributed by atoms with E-state index in [0.29, 0.717) is 17.1 Å². The number of methoxy groups -OCH3 is 1. The first-order chi connectivity index (χ1) is 8.67. The Bertz CT molecular complexity index is 604. The fourth-order valence-corrected chi connectivity index (χ4v) is 2.71. The Morgan fingerprint density at radius 3 is 3.06 bits per heavy atom. The molecule has 0 spiro atoms. The van der Waals surface area contributed by atoms with Crippen LogP contribution in [0.3, 0.4) is 0 Å². The van der Waals surface area contributed by atoms with Crippen LogP contribution in [0.2, 0.25) is 0 Å². The van der Waals surface area contributed by atoms with Crippen molar-refractivity contribution < 1.29 is 9.53 Å². The van der Waals surface area contributed by atoms with Gasteiger partial charge in [0.1, 0.15) is 10.6 Å². The van der Waals surface area contributed by atoms with Gasteiger partial charge in [0.25, 0.3) is 5.91 Å². The highest BCUT2D eigenvalue weighted by atomic mass is 32.1. The minimum absolute atomic E-state index is 0.174. The largest absolute Gasteiger partial charge is 0.497 e.